The summed E-state index contributed by atoms with van der Waals surface area (Å²) in [5, 5.41) is 31.4. The average Bonchev–Trinajstić information content (AvgIpc) is 2.89. The van der Waals surface area contributed by atoms with Crippen LogP contribution in [0.1, 0.15) is 31.8 Å². The molecular weight excluding hydrogens is 586 g/mol. The van der Waals surface area contributed by atoms with Gasteiger partial charge in [-0.15, -0.1) is 0 Å². The van der Waals surface area contributed by atoms with E-state index in [4.69, 9.17) is 0 Å². The van der Waals surface area contributed by atoms with Gasteiger partial charge in [-0.1, -0.05) is 0 Å². The summed E-state index contributed by atoms with van der Waals surface area (Å²) in [6.45, 7) is 0. The van der Waals surface area contributed by atoms with Crippen molar-refractivity contribution in [1.29, 1.82) is 0 Å². The van der Waals surface area contributed by atoms with Gasteiger partial charge in [0.15, 0.2) is 22.6 Å². The first-order valence-corrected chi connectivity index (χ1v) is 10.2. The van der Waals surface area contributed by atoms with Crippen molar-refractivity contribution in [3.8, 4) is 23.0 Å². The zero-order valence-electron chi connectivity index (χ0n) is 21.3. The molecule has 0 saturated carbocycles. The number of carbonyl (C=O) groups is 2. The lowest BCUT2D eigenvalue weighted by molar-refractivity contribution is -0.386. The summed E-state index contributed by atoms with van der Waals surface area (Å²) in [4.78, 5) is 42.3. The van der Waals surface area contributed by atoms with Gasteiger partial charge in [-0.2, -0.15) is 26.3 Å². The first-order chi connectivity index (χ1) is 18.8. The number of halogens is 6. The number of phenols is 1. The van der Waals surface area contributed by atoms with E-state index in [0.717, 1.165) is 35.5 Å². The number of rotatable bonds is 7. The predicted molar refractivity (Wildman–Crippen MR) is 120 cm³/mol. The molecule has 1 N–H and O–H groups in total. The molecule has 0 atom stereocenters. The van der Waals surface area contributed by atoms with E-state index in [9.17, 15) is 61.3 Å². The summed E-state index contributed by atoms with van der Waals surface area (Å²) in [5.41, 5.74) is -8.40. The molecular formula is C21H18F6N2O12. The monoisotopic (exact) mass is 604 g/mol. The predicted octanol–water partition coefficient (Wildman–Crippen LogP) is 4.53. The highest BCUT2D eigenvalue weighted by molar-refractivity contribution is 5.98. The van der Waals surface area contributed by atoms with Crippen molar-refractivity contribution in [1.82, 2.24) is 0 Å². The van der Waals surface area contributed by atoms with E-state index in [0.29, 0.717) is 6.07 Å². The van der Waals surface area contributed by atoms with Crippen LogP contribution in [0.3, 0.4) is 0 Å². The van der Waals surface area contributed by atoms with Crippen LogP contribution in [0.2, 0.25) is 0 Å². The Morgan fingerprint density at radius 2 is 1.07 bits per heavy atom. The molecule has 0 aromatic heterocycles. The van der Waals surface area contributed by atoms with Gasteiger partial charge in [-0.3, -0.25) is 20.2 Å². The number of esters is 2. The van der Waals surface area contributed by atoms with Crippen LogP contribution in [0.4, 0.5) is 37.7 Å². The number of methoxy groups -OCH3 is 5. The van der Waals surface area contributed by atoms with Crippen LogP contribution in [0.5, 0.6) is 23.0 Å². The molecule has 0 radical (unpaired) electrons. The molecule has 226 valence electrons. The molecule has 0 aliphatic heterocycles. The number of aromatic hydroxyl groups is 1. The minimum Gasteiger partial charge on any atom is -0.499 e. The summed E-state index contributed by atoms with van der Waals surface area (Å²) in [7, 11) is 4.49. The van der Waals surface area contributed by atoms with E-state index in [1.165, 1.54) is 0 Å². The minimum atomic E-state index is -5.07. The fraction of sp³-hybridized carbons (Fsp3) is 0.333. The van der Waals surface area contributed by atoms with Gasteiger partial charge < -0.3 is 28.8 Å². The molecule has 2 rings (SSSR count). The second kappa shape index (κ2) is 12.9. The van der Waals surface area contributed by atoms with Crippen molar-refractivity contribution in [2.24, 2.45) is 0 Å². The Balaban J connectivity index is 0.000000410. The van der Waals surface area contributed by atoms with Crippen molar-refractivity contribution >= 4 is 23.3 Å². The Kier molecular flexibility index (Phi) is 10.7. The normalized spacial score (nSPS) is 11.0. The molecule has 0 aliphatic rings. The Morgan fingerprint density at radius 1 is 0.707 bits per heavy atom. The van der Waals surface area contributed by atoms with E-state index in [2.05, 4.69) is 23.7 Å². The highest BCUT2D eigenvalue weighted by Crippen LogP contribution is 2.47. The van der Waals surface area contributed by atoms with Crippen LogP contribution < -0.4 is 14.2 Å². The lowest BCUT2D eigenvalue weighted by Gasteiger charge is -2.16. The number of carbonyl (C=O) groups excluding carboxylic acids is 2. The molecule has 0 amide bonds. The van der Waals surface area contributed by atoms with Crippen LogP contribution in [-0.4, -0.2) is 62.4 Å². The molecule has 0 unspecified atom stereocenters. The number of benzene rings is 2. The van der Waals surface area contributed by atoms with Gasteiger partial charge in [-0.05, 0) is 12.1 Å². The number of hydrogen-bond acceptors (Lipinski definition) is 12. The van der Waals surface area contributed by atoms with Crippen molar-refractivity contribution < 1.29 is 74.6 Å². The van der Waals surface area contributed by atoms with Gasteiger partial charge in [-0.25, -0.2) is 9.59 Å². The van der Waals surface area contributed by atoms with E-state index in [-0.39, 0.29) is 6.07 Å². The zero-order chi connectivity index (χ0) is 32.0. The first-order valence-electron chi connectivity index (χ1n) is 10.2. The Morgan fingerprint density at radius 3 is 1.37 bits per heavy atom. The summed E-state index contributed by atoms with van der Waals surface area (Å²) in [6.07, 6.45) is -10.1. The Bertz CT molecular complexity index is 1360. The van der Waals surface area contributed by atoms with Crippen molar-refractivity contribution in [3.05, 3.63) is 54.6 Å². The maximum absolute atomic E-state index is 13.0. The number of alkyl halides is 6. The molecule has 0 spiro atoms. The van der Waals surface area contributed by atoms with Crippen LogP contribution in [0.25, 0.3) is 0 Å². The fourth-order valence-electron chi connectivity index (χ4n) is 3.18. The van der Waals surface area contributed by atoms with E-state index in [1.54, 1.807) is 0 Å². The lowest BCUT2D eigenvalue weighted by atomic mass is 10.0. The highest BCUT2D eigenvalue weighted by atomic mass is 19.4. The number of hydrogen-bond donors (Lipinski definition) is 1. The Labute approximate surface area is 224 Å². The van der Waals surface area contributed by atoms with Crippen molar-refractivity contribution in [2.75, 3.05) is 35.5 Å². The summed E-state index contributed by atoms with van der Waals surface area (Å²) >= 11 is 0. The minimum absolute atomic E-state index is 0.286. The molecule has 20 heteroatoms. The summed E-state index contributed by atoms with van der Waals surface area (Å²) in [6, 6.07) is 0.729. The van der Waals surface area contributed by atoms with Crippen molar-refractivity contribution in [3.63, 3.8) is 0 Å². The summed E-state index contributed by atoms with van der Waals surface area (Å²) in [5.74, 6) is -6.19. The number of nitrogens with zero attached hydrogens (tertiary/aromatic N) is 2. The lowest BCUT2D eigenvalue weighted by Crippen LogP contribution is -2.17. The third kappa shape index (κ3) is 7.13. The van der Waals surface area contributed by atoms with Crippen LogP contribution in [-0.2, 0) is 21.8 Å². The molecule has 0 bridgehead atoms. The molecule has 0 fully saturated rings. The molecule has 0 saturated heterocycles. The zero-order valence-corrected chi connectivity index (χ0v) is 21.3. The van der Waals surface area contributed by atoms with Crippen LogP contribution in [0, 0.1) is 20.2 Å². The second-order valence-electron chi connectivity index (χ2n) is 7.07. The SMILES string of the molecule is COC(=O)c1c(C(F)(F)F)cc(OC)c(O)c1[N+](=O)[O-].COC(=O)c1c(C(F)(F)F)cc(OC)c(OC)c1[N+](=O)[O-]. The number of ether oxygens (including phenoxy) is 5. The van der Waals surface area contributed by atoms with Crippen LogP contribution in [0.15, 0.2) is 12.1 Å². The van der Waals surface area contributed by atoms with Crippen LogP contribution >= 0.6 is 0 Å². The van der Waals surface area contributed by atoms with E-state index in [1.807, 2.05) is 0 Å². The largest absolute Gasteiger partial charge is 0.499 e. The molecule has 14 nitrogen and oxygen atoms in total. The molecule has 41 heavy (non-hydrogen) atoms. The standard InChI is InChI=1S/C11H10F3NO6.C10H8F3NO6/c1-19-6-4-5(11(12,13)14)7(10(16)21-3)8(15(17)18)9(6)20-2;1-19-5-3-4(10(11,12)13)6(9(16)20-2)7(8(5)15)14(17)18/h4H,1-3H3;3,15H,1-2H3. The highest BCUT2D eigenvalue weighted by Gasteiger charge is 2.45. The third-order valence-corrected chi connectivity index (χ3v) is 4.86. The van der Waals surface area contributed by atoms with Crippen molar-refractivity contribution in [2.45, 2.75) is 12.4 Å². The van der Waals surface area contributed by atoms with Gasteiger partial charge >= 0.3 is 35.7 Å². The van der Waals surface area contributed by atoms with Gasteiger partial charge in [0.1, 0.15) is 0 Å². The number of phenolic OH excluding ortho intramolecular Hbond substituents is 1. The maximum Gasteiger partial charge on any atom is 0.417 e. The van der Waals surface area contributed by atoms with Gasteiger partial charge in [0.2, 0.25) is 11.5 Å². The quantitative estimate of drug-likeness (QED) is 0.202. The topological polar surface area (TPSA) is 187 Å². The van der Waals surface area contributed by atoms with E-state index >= 15 is 0 Å². The molecule has 0 aliphatic carbocycles. The smallest absolute Gasteiger partial charge is 0.417 e. The van der Waals surface area contributed by atoms with Gasteiger partial charge in [0.25, 0.3) is 0 Å². The summed E-state index contributed by atoms with van der Waals surface area (Å²) < 4.78 is 99.7. The average molecular weight is 604 g/mol. The number of nitro groups is 2. The maximum atomic E-state index is 13.0. The molecule has 0 heterocycles. The molecule has 2 aromatic carbocycles. The Hall–Kier alpha value is -5.04. The van der Waals surface area contributed by atoms with E-state index < -0.39 is 90.8 Å². The molecule has 2 aromatic rings. The number of nitro benzene ring substituents is 2. The van der Waals surface area contributed by atoms with Gasteiger partial charge in [0.05, 0.1) is 56.5 Å². The first kappa shape index (κ1) is 34.0. The second-order valence-corrected chi connectivity index (χ2v) is 7.07. The third-order valence-electron chi connectivity index (χ3n) is 4.86. The van der Waals surface area contributed by atoms with Gasteiger partial charge in [0, 0.05) is 0 Å². The fourth-order valence-corrected chi connectivity index (χ4v) is 3.18.